The van der Waals surface area contributed by atoms with Gasteiger partial charge in [-0.1, -0.05) is 0 Å². The molecule has 1 N–H and O–H groups in total. The highest BCUT2D eigenvalue weighted by atomic mass is 16.2. The Balaban J connectivity index is 1.79. The van der Waals surface area contributed by atoms with E-state index in [1.807, 2.05) is 13.0 Å². The summed E-state index contributed by atoms with van der Waals surface area (Å²) in [6.07, 6.45) is 6.01. The van der Waals surface area contributed by atoms with Crippen LogP contribution in [0.5, 0.6) is 0 Å². The molecule has 5 nitrogen and oxygen atoms in total. The number of carbonyl (C=O) groups is 2. The van der Waals surface area contributed by atoms with Gasteiger partial charge in [0.25, 0.3) is 0 Å². The smallest absolute Gasteiger partial charge is 0.245 e. The minimum Gasteiger partial charge on any atom is -0.344 e. The third-order valence-electron chi connectivity index (χ3n) is 4.11. The fourth-order valence-electron chi connectivity index (χ4n) is 2.62. The van der Waals surface area contributed by atoms with Crippen LogP contribution in [0.1, 0.15) is 30.4 Å². The van der Waals surface area contributed by atoms with Gasteiger partial charge in [0.2, 0.25) is 11.8 Å². The fourth-order valence-corrected chi connectivity index (χ4v) is 2.62. The van der Waals surface area contributed by atoms with Gasteiger partial charge in [0, 0.05) is 31.9 Å². The van der Waals surface area contributed by atoms with Gasteiger partial charge in [0.15, 0.2) is 0 Å². The third kappa shape index (κ3) is 2.66. The number of hydrogen-bond donors (Lipinski definition) is 1. The minimum absolute atomic E-state index is 0.0133. The SMILES string of the molecule is Cc1ccncc1CN1CCC(=O)NC(C2CC2)C1=O. The molecule has 1 saturated heterocycles. The molecule has 20 heavy (non-hydrogen) atoms. The highest BCUT2D eigenvalue weighted by molar-refractivity contribution is 5.90. The summed E-state index contributed by atoms with van der Waals surface area (Å²) < 4.78 is 0. The summed E-state index contributed by atoms with van der Waals surface area (Å²) in [5, 5.41) is 2.88. The highest BCUT2D eigenvalue weighted by Gasteiger charge is 2.40. The number of pyridine rings is 1. The standard InChI is InChI=1S/C15H19N3O2/c1-10-4-6-16-8-12(10)9-18-7-5-13(19)17-14(15(18)20)11-2-3-11/h4,6,8,11,14H,2-3,5,7,9H2,1H3,(H,17,19). The molecule has 1 aromatic rings. The molecule has 2 amide bonds. The molecule has 2 fully saturated rings. The maximum atomic E-state index is 12.6. The van der Waals surface area contributed by atoms with Gasteiger partial charge in [0.05, 0.1) is 0 Å². The zero-order chi connectivity index (χ0) is 14.1. The maximum absolute atomic E-state index is 12.6. The Morgan fingerprint density at radius 2 is 2.20 bits per heavy atom. The Labute approximate surface area is 118 Å². The lowest BCUT2D eigenvalue weighted by Crippen LogP contribution is -2.45. The van der Waals surface area contributed by atoms with E-state index in [0.29, 0.717) is 25.4 Å². The van der Waals surface area contributed by atoms with E-state index in [-0.39, 0.29) is 17.9 Å². The number of nitrogens with zero attached hydrogens (tertiary/aromatic N) is 2. The van der Waals surface area contributed by atoms with Crippen molar-refractivity contribution in [2.75, 3.05) is 6.54 Å². The van der Waals surface area contributed by atoms with Gasteiger partial charge in [-0.2, -0.15) is 0 Å². The second-order valence-electron chi connectivity index (χ2n) is 5.69. The van der Waals surface area contributed by atoms with Crippen LogP contribution in [0.15, 0.2) is 18.5 Å². The van der Waals surface area contributed by atoms with Crippen molar-refractivity contribution in [3.63, 3.8) is 0 Å². The second kappa shape index (κ2) is 5.23. The lowest BCUT2D eigenvalue weighted by Gasteiger charge is -2.24. The number of aryl methyl sites for hydroxylation is 1. The van der Waals surface area contributed by atoms with E-state index in [2.05, 4.69) is 10.3 Å². The van der Waals surface area contributed by atoms with Crippen LogP contribution in [0.3, 0.4) is 0 Å². The molecule has 3 rings (SSSR count). The fraction of sp³-hybridized carbons (Fsp3) is 0.533. The Morgan fingerprint density at radius 1 is 1.40 bits per heavy atom. The van der Waals surface area contributed by atoms with E-state index in [1.165, 1.54) is 0 Å². The largest absolute Gasteiger partial charge is 0.344 e. The van der Waals surface area contributed by atoms with Crippen LogP contribution in [0.2, 0.25) is 0 Å². The molecule has 2 heterocycles. The number of rotatable bonds is 3. The summed E-state index contributed by atoms with van der Waals surface area (Å²) in [7, 11) is 0. The summed E-state index contributed by atoms with van der Waals surface area (Å²) in [4.78, 5) is 30.2. The molecular weight excluding hydrogens is 254 g/mol. The van der Waals surface area contributed by atoms with Gasteiger partial charge in [-0.05, 0) is 42.9 Å². The number of aromatic nitrogens is 1. The van der Waals surface area contributed by atoms with E-state index in [1.54, 1.807) is 17.3 Å². The normalized spacial score (nSPS) is 23.4. The minimum atomic E-state index is -0.318. The van der Waals surface area contributed by atoms with Crippen LogP contribution in [-0.4, -0.2) is 34.3 Å². The summed E-state index contributed by atoms with van der Waals surface area (Å²) in [5.74, 6) is 0.379. The summed E-state index contributed by atoms with van der Waals surface area (Å²) in [6.45, 7) is 3.04. The Hall–Kier alpha value is -1.91. The molecule has 1 aliphatic carbocycles. The summed E-state index contributed by atoms with van der Waals surface area (Å²) >= 11 is 0. The van der Waals surface area contributed by atoms with Crippen molar-refractivity contribution in [3.8, 4) is 0 Å². The third-order valence-corrected chi connectivity index (χ3v) is 4.11. The molecule has 1 saturated carbocycles. The van der Waals surface area contributed by atoms with Gasteiger partial charge in [-0.3, -0.25) is 14.6 Å². The van der Waals surface area contributed by atoms with Gasteiger partial charge in [-0.25, -0.2) is 0 Å². The number of hydrogen-bond acceptors (Lipinski definition) is 3. The monoisotopic (exact) mass is 273 g/mol. The molecule has 2 aliphatic rings. The van der Waals surface area contributed by atoms with Gasteiger partial charge in [0.1, 0.15) is 6.04 Å². The molecule has 0 radical (unpaired) electrons. The van der Waals surface area contributed by atoms with Gasteiger partial charge >= 0.3 is 0 Å². The zero-order valence-electron chi connectivity index (χ0n) is 11.6. The topological polar surface area (TPSA) is 62.3 Å². The number of amides is 2. The summed E-state index contributed by atoms with van der Waals surface area (Å²) in [5.41, 5.74) is 2.17. The predicted octanol–water partition coefficient (Wildman–Crippen LogP) is 1.02. The van der Waals surface area contributed by atoms with E-state index >= 15 is 0 Å². The molecule has 0 bridgehead atoms. The molecule has 0 spiro atoms. The van der Waals surface area contributed by atoms with Crippen molar-refractivity contribution in [2.24, 2.45) is 5.92 Å². The predicted molar refractivity (Wildman–Crippen MR) is 73.7 cm³/mol. The lowest BCUT2D eigenvalue weighted by atomic mass is 10.1. The molecule has 1 atom stereocenters. The van der Waals surface area contributed by atoms with Crippen LogP contribution < -0.4 is 5.32 Å². The number of carbonyl (C=O) groups excluding carboxylic acids is 2. The van der Waals surface area contributed by atoms with E-state index < -0.39 is 0 Å². The Bertz CT molecular complexity index is 540. The Kier molecular flexibility index (Phi) is 3.42. The molecule has 1 unspecified atom stereocenters. The lowest BCUT2D eigenvalue weighted by molar-refractivity contribution is -0.134. The first-order valence-electron chi connectivity index (χ1n) is 7.13. The van der Waals surface area contributed by atoms with Crippen molar-refractivity contribution >= 4 is 11.8 Å². The molecule has 5 heteroatoms. The first-order chi connectivity index (χ1) is 9.65. The molecule has 0 aromatic carbocycles. The average molecular weight is 273 g/mol. The van der Waals surface area contributed by atoms with Crippen molar-refractivity contribution in [3.05, 3.63) is 29.6 Å². The van der Waals surface area contributed by atoms with Crippen LogP contribution in [0.4, 0.5) is 0 Å². The molecule has 1 aromatic heterocycles. The van der Waals surface area contributed by atoms with Gasteiger partial charge < -0.3 is 10.2 Å². The Morgan fingerprint density at radius 3 is 2.90 bits per heavy atom. The average Bonchev–Trinajstić information content (AvgIpc) is 3.26. The van der Waals surface area contributed by atoms with Crippen molar-refractivity contribution < 1.29 is 9.59 Å². The second-order valence-corrected chi connectivity index (χ2v) is 5.69. The molecule has 1 aliphatic heterocycles. The van der Waals surface area contributed by atoms with Gasteiger partial charge in [-0.15, -0.1) is 0 Å². The van der Waals surface area contributed by atoms with Crippen molar-refractivity contribution in [1.29, 1.82) is 0 Å². The first kappa shape index (κ1) is 13.1. The van der Waals surface area contributed by atoms with E-state index in [4.69, 9.17) is 0 Å². The number of nitrogens with one attached hydrogen (secondary N) is 1. The zero-order valence-corrected chi connectivity index (χ0v) is 11.6. The van der Waals surface area contributed by atoms with E-state index in [0.717, 1.165) is 24.0 Å². The van der Waals surface area contributed by atoms with Crippen LogP contribution in [0, 0.1) is 12.8 Å². The quantitative estimate of drug-likeness (QED) is 0.894. The molecular formula is C15H19N3O2. The van der Waals surface area contributed by atoms with Crippen LogP contribution in [-0.2, 0) is 16.1 Å². The van der Waals surface area contributed by atoms with Crippen molar-refractivity contribution in [2.45, 2.75) is 38.8 Å². The van der Waals surface area contributed by atoms with Crippen LogP contribution in [0.25, 0.3) is 0 Å². The first-order valence-corrected chi connectivity index (χ1v) is 7.13. The highest BCUT2D eigenvalue weighted by Crippen LogP contribution is 2.34. The molecule has 106 valence electrons. The van der Waals surface area contributed by atoms with Crippen molar-refractivity contribution in [1.82, 2.24) is 15.2 Å². The van der Waals surface area contributed by atoms with Crippen LogP contribution >= 0.6 is 0 Å². The summed E-state index contributed by atoms with van der Waals surface area (Å²) in [6, 6.07) is 1.63. The maximum Gasteiger partial charge on any atom is 0.245 e. The van der Waals surface area contributed by atoms with E-state index in [9.17, 15) is 9.59 Å².